The van der Waals surface area contributed by atoms with Crippen LogP contribution < -0.4 is 21.9 Å². The maximum Gasteiger partial charge on any atom is 0.184 e. The van der Waals surface area contributed by atoms with Crippen molar-refractivity contribution in [2.45, 2.75) is 0 Å². The third-order valence-corrected chi connectivity index (χ3v) is 3.16. The highest BCUT2D eigenvalue weighted by Gasteiger charge is 2.11. The van der Waals surface area contributed by atoms with Crippen molar-refractivity contribution < 1.29 is 0 Å². The Hall–Kier alpha value is -0.340. The minimum Gasteiger partial charge on any atom is -0.226 e. The molecule has 7 heteroatoms. The van der Waals surface area contributed by atoms with Crippen molar-refractivity contribution in [3.05, 3.63) is 4.47 Å². The minimum atomic E-state index is 0.261. The monoisotopic (exact) mass is 209 g/mol. The van der Waals surface area contributed by atoms with E-state index in [4.69, 9.17) is 43.0 Å². The van der Waals surface area contributed by atoms with Gasteiger partial charge in [-0.3, -0.25) is 0 Å². The van der Waals surface area contributed by atoms with Crippen molar-refractivity contribution >= 4 is 86.4 Å². The highest BCUT2D eigenvalue weighted by atomic mass is 35.5. The second kappa shape index (κ2) is 3.35. The Kier molecular flexibility index (Phi) is 2.44. The molecule has 58 valence electrons. The SMILES string of the molecule is [B]c1c([B])c([B])c2sc(Cl)nc2c1[B]. The lowest BCUT2D eigenvalue weighted by Gasteiger charge is -2.11. The first kappa shape index (κ1) is 10.2. The van der Waals surface area contributed by atoms with Crippen LogP contribution in [0.25, 0.3) is 10.2 Å². The molecule has 2 aromatic rings. The molecule has 0 saturated carbocycles. The summed E-state index contributed by atoms with van der Waals surface area (Å²) < 4.78 is 1.04. The number of rotatable bonds is 0. The third-order valence-electron chi connectivity index (χ3n) is 1.97. The molecule has 1 nitrogen and oxygen atoms in total. The van der Waals surface area contributed by atoms with E-state index in [1.807, 2.05) is 0 Å². The van der Waals surface area contributed by atoms with Crippen molar-refractivity contribution in [2.75, 3.05) is 0 Å². The maximum atomic E-state index is 5.75. The van der Waals surface area contributed by atoms with Crippen LogP contribution in [0.1, 0.15) is 0 Å². The van der Waals surface area contributed by atoms with Gasteiger partial charge in [0.1, 0.15) is 31.4 Å². The lowest BCUT2D eigenvalue weighted by Crippen LogP contribution is -2.47. The Morgan fingerprint density at radius 2 is 1.50 bits per heavy atom. The minimum absolute atomic E-state index is 0.261. The number of hydrogen-bond acceptors (Lipinski definition) is 2. The van der Waals surface area contributed by atoms with Gasteiger partial charge in [0.2, 0.25) is 0 Å². The van der Waals surface area contributed by atoms with E-state index in [2.05, 4.69) is 4.98 Å². The van der Waals surface area contributed by atoms with Crippen LogP contribution in [0.5, 0.6) is 0 Å². The molecule has 0 aliphatic carbocycles. The molecule has 0 spiro atoms. The smallest absolute Gasteiger partial charge is 0.184 e. The average Bonchev–Trinajstić information content (AvgIpc) is 2.54. The zero-order chi connectivity index (χ0) is 10.5. The lowest BCUT2D eigenvalue weighted by atomic mass is 9.67. The summed E-state index contributed by atoms with van der Waals surface area (Å²) >= 11 is 6.98. The third kappa shape index (κ3) is 1.32. The second-order valence-electron chi connectivity index (χ2n) is 2.80. The maximum absolute atomic E-state index is 5.75. The molecule has 0 aliphatic heterocycles. The molecule has 0 fully saturated rings. The van der Waals surface area contributed by atoms with E-state index in [-0.39, 0.29) is 10.9 Å². The molecular weight excluding hydrogens is 209 g/mol. The molecule has 0 atom stereocenters. The van der Waals surface area contributed by atoms with E-state index in [0.29, 0.717) is 25.6 Å². The molecule has 2 rings (SSSR count). The standard InChI is InChI=1S/C7B4ClNS/c8-1-2(9)4(11)6-5(3(1)10)13-7(12)14-6. The summed E-state index contributed by atoms with van der Waals surface area (Å²) in [5, 5.41) is 0. The number of halogens is 1. The van der Waals surface area contributed by atoms with Crippen molar-refractivity contribution in [3.8, 4) is 0 Å². The summed E-state index contributed by atoms with van der Waals surface area (Å²) in [6.07, 6.45) is 0. The summed E-state index contributed by atoms with van der Waals surface area (Å²) in [7, 11) is 22.8. The number of nitrogens with zero attached hydrogens (tertiary/aromatic N) is 1. The van der Waals surface area contributed by atoms with Gasteiger partial charge in [0, 0.05) is 4.70 Å². The van der Waals surface area contributed by atoms with E-state index in [1.54, 1.807) is 0 Å². The predicted molar refractivity (Wildman–Crippen MR) is 66.2 cm³/mol. The van der Waals surface area contributed by atoms with Crippen LogP contribution in [0.3, 0.4) is 0 Å². The predicted octanol–water partition coefficient (Wildman–Crippen LogP) is -1.88. The Labute approximate surface area is 95.9 Å². The van der Waals surface area contributed by atoms with Crippen molar-refractivity contribution in [1.29, 1.82) is 0 Å². The van der Waals surface area contributed by atoms with Gasteiger partial charge in [-0.2, -0.15) is 0 Å². The first-order chi connectivity index (χ1) is 6.52. The van der Waals surface area contributed by atoms with Crippen molar-refractivity contribution in [3.63, 3.8) is 0 Å². The lowest BCUT2D eigenvalue weighted by molar-refractivity contribution is 1.52. The van der Waals surface area contributed by atoms with Gasteiger partial charge in [-0.1, -0.05) is 22.5 Å². The Balaban J connectivity index is 3.01. The zero-order valence-corrected chi connectivity index (χ0v) is 8.62. The fraction of sp³-hybridized carbons (Fsp3) is 0. The van der Waals surface area contributed by atoms with E-state index < -0.39 is 0 Å². The number of aromatic nitrogens is 1. The molecule has 0 saturated heterocycles. The Morgan fingerprint density at radius 3 is 2.14 bits per heavy atom. The van der Waals surface area contributed by atoms with Crippen LogP contribution in [0.2, 0.25) is 4.47 Å². The van der Waals surface area contributed by atoms with E-state index in [0.717, 1.165) is 0 Å². The average molecular weight is 209 g/mol. The Morgan fingerprint density at radius 1 is 0.929 bits per heavy atom. The molecule has 1 heterocycles. The van der Waals surface area contributed by atoms with Gasteiger partial charge < -0.3 is 0 Å². The molecule has 1 aromatic heterocycles. The van der Waals surface area contributed by atoms with Crippen LogP contribution in [0.4, 0.5) is 0 Å². The quantitative estimate of drug-likeness (QED) is 0.463. The van der Waals surface area contributed by atoms with Gasteiger partial charge >= 0.3 is 0 Å². The molecule has 0 amide bonds. The first-order valence-corrected chi connectivity index (χ1v) is 4.89. The summed E-state index contributed by atoms with van der Waals surface area (Å²) in [4.78, 5) is 4.02. The fourth-order valence-corrected chi connectivity index (χ4v) is 2.29. The molecule has 0 N–H and O–H groups in total. The molecule has 1 aromatic carbocycles. The van der Waals surface area contributed by atoms with Gasteiger partial charge in [0.05, 0.1) is 5.52 Å². The highest BCUT2D eigenvalue weighted by Crippen LogP contribution is 2.21. The zero-order valence-electron chi connectivity index (χ0n) is 7.04. The number of thiazole rings is 1. The topological polar surface area (TPSA) is 12.9 Å². The van der Waals surface area contributed by atoms with Gasteiger partial charge in [-0.15, -0.1) is 22.3 Å². The first-order valence-electron chi connectivity index (χ1n) is 3.70. The van der Waals surface area contributed by atoms with Crippen molar-refractivity contribution in [1.82, 2.24) is 4.98 Å². The second-order valence-corrected chi connectivity index (χ2v) is 4.38. The van der Waals surface area contributed by atoms with Gasteiger partial charge in [-0.05, 0) is 0 Å². The van der Waals surface area contributed by atoms with Crippen molar-refractivity contribution in [2.24, 2.45) is 0 Å². The van der Waals surface area contributed by atoms with E-state index in [9.17, 15) is 0 Å². The summed E-state index contributed by atoms with van der Waals surface area (Å²) in [6.45, 7) is 0. The van der Waals surface area contributed by atoms with Gasteiger partial charge in [0.25, 0.3) is 0 Å². The normalized spacial score (nSPS) is 10.9. The highest BCUT2D eigenvalue weighted by molar-refractivity contribution is 7.23. The molecule has 8 radical (unpaired) electrons. The molecule has 0 bridgehead atoms. The van der Waals surface area contributed by atoms with Crippen LogP contribution in [-0.4, -0.2) is 36.4 Å². The molecule has 0 aliphatic rings. The van der Waals surface area contributed by atoms with Gasteiger partial charge in [-0.25, -0.2) is 4.98 Å². The summed E-state index contributed by atoms with van der Waals surface area (Å²) in [5.74, 6) is 0. The number of hydrogen-bond donors (Lipinski definition) is 0. The van der Waals surface area contributed by atoms with E-state index >= 15 is 0 Å². The number of benzene rings is 1. The summed E-state index contributed by atoms with van der Waals surface area (Å²) in [5.41, 5.74) is 1.78. The largest absolute Gasteiger partial charge is 0.226 e. The molecule has 0 unspecified atom stereocenters. The van der Waals surface area contributed by atoms with Crippen LogP contribution in [-0.2, 0) is 0 Å². The summed E-state index contributed by atoms with van der Waals surface area (Å²) in [6, 6.07) is 0. The fourth-order valence-electron chi connectivity index (χ4n) is 1.20. The van der Waals surface area contributed by atoms with Gasteiger partial charge in [0.15, 0.2) is 4.47 Å². The Bertz CT molecular complexity index is 479. The molecule has 14 heavy (non-hydrogen) atoms. The van der Waals surface area contributed by atoms with E-state index in [1.165, 1.54) is 11.3 Å². The molecular formula is C7B4ClNS. The van der Waals surface area contributed by atoms with Crippen LogP contribution in [0, 0.1) is 0 Å². The van der Waals surface area contributed by atoms with Crippen LogP contribution >= 0.6 is 22.9 Å². The van der Waals surface area contributed by atoms with Crippen LogP contribution in [0.15, 0.2) is 0 Å². The number of fused-ring (bicyclic) bond motifs is 1.